The monoisotopic (exact) mass is 194 g/mol. The summed E-state index contributed by atoms with van der Waals surface area (Å²) < 4.78 is 8.64. The van der Waals surface area contributed by atoms with Gasteiger partial charge in [0.25, 0.3) is 0 Å². The van der Waals surface area contributed by atoms with Gasteiger partial charge in [-0.05, 0) is 11.1 Å². The molecule has 0 saturated carbocycles. The van der Waals surface area contributed by atoms with Crippen LogP contribution in [0.1, 0.15) is 0 Å². The summed E-state index contributed by atoms with van der Waals surface area (Å²) in [5.74, 6) is 0. The summed E-state index contributed by atoms with van der Waals surface area (Å²) in [7, 11) is 1.26. The summed E-state index contributed by atoms with van der Waals surface area (Å²) in [6, 6.07) is 0. The van der Waals surface area contributed by atoms with E-state index < -0.39 is 6.16 Å². The minimum Gasteiger partial charge on any atom is -0.438 e. The van der Waals surface area contributed by atoms with Crippen molar-refractivity contribution in [3.05, 3.63) is 11.1 Å². The van der Waals surface area contributed by atoms with Crippen LogP contribution in [-0.4, -0.2) is 19.9 Å². The Morgan fingerprint density at radius 2 is 2.44 bits per heavy atom. The zero-order chi connectivity index (χ0) is 7.11. The van der Waals surface area contributed by atoms with Gasteiger partial charge in [-0.1, -0.05) is 15.9 Å². The predicted molar refractivity (Wildman–Crippen MR) is 36.4 cm³/mol. The molecule has 0 amide bonds. The fourth-order valence-electron chi connectivity index (χ4n) is 0.211. The number of carbonyl (C=O) groups excluding carboxylic acids is 1. The molecule has 0 saturated heterocycles. The quantitative estimate of drug-likeness (QED) is 0.628. The number of carbonyl (C=O) groups is 1. The molecule has 0 atom stereocenters. The lowest BCUT2D eigenvalue weighted by Crippen LogP contribution is -2.03. The van der Waals surface area contributed by atoms with E-state index in [2.05, 4.69) is 25.4 Å². The third kappa shape index (κ3) is 5.36. The highest BCUT2D eigenvalue weighted by Gasteiger charge is 1.94. The first kappa shape index (κ1) is 8.49. The topological polar surface area (TPSA) is 35.5 Å². The standard InChI is InChI=1S/C5H7BrO3/c1-8-5(7)9-4-2-3-6/h2-3H,4H2,1H3. The molecule has 0 aromatic rings. The van der Waals surface area contributed by atoms with E-state index in [1.54, 1.807) is 11.1 Å². The van der Waals surface area contributed by atoms with Crippen LogP contribution in [0, 0.1) is 0 Å². The Labute approximate surface area is 61.8 Å². The second-order valence-corrected chi connectivity index (χ2v) is 1.66. The van der Waals surface area contributed by atoms with Crippen LogP contribution in [0.4, 0.5) is 4.79 Å². The van der Waals surface area contributed by atoms with Crippen molar-refractivity contribution in [1.29, 1.82) is 0 Å². The maximum atomic E-state index is 10.2. The number of hydrogen-bond acceptors (Lipinski definition) is 3. The molecule has 9 heavy (non-hydrogen) atoms. The molecule has 0 aromatic carbocycles. The van der Waals surface area contributed by atoms with Gasteiger partial charge < -0.3 is 9.47 Å². The van der Waals surface area contributed by atoms with Crippen molar-refractivity contribution in [2.45, 2.75) is 0 Å². The summed E-state index contributed by atoms with van der Waals surface area (Å²) in [5.41, 5.74) is 0. The first-order chi connectivity index (χ1) is 4.31. The van der Waals surface area contributed by atoms with Gasteiger partial charge in [0, 0.05) is 0 Å². The average molecular weight is 195 g/mol. The summed E-state index contributed by atoms with van der Waals surface area (Å²) in [4.78, 5) is 11.8. The molecule has 52 valence electrons. The molecule has 0 fully saturated rings. The van der Waals surface area contributed by atoms with Crippen molar-refractivity contribution in [2.75, 3.05) is 13.7 Å². The van der Waals surface area contributed by atoms with Crippen LogP contribution in [-0.2, 0) is 9.47 Å². The molecule has 0 aliphatic carbocycles. The van der Waals surface area contributed by atoms with E-state index in [4.69, 9.17) is 0 Å². The third-order valence-electron chi connectivity index (χ3n) is 0.553. The molecule has 4 heteroatoms. The van der Waals surface area contributed by atoms with Gasteiger partial charge in [0.2, 0.25) is 0 Å². The molecule has 3 nitrogen and oxygen atoms in total. The van der Waals surface area contributed by atoms with Crippen LogP contribution in [0.25, 0.3) is 0 Å². The molecular formula is C5H7BrO3. The maximum Gasteiger partial charge on any atom is 0.508 e. The molecule has 0 heterocycles. The summed E-state index contributed by atoms with van der Waals surface area (Å²) in [6.07, 6.45) is 0.970. The highest BCUT2D eigenvalue weighted by atomic mass is 79.9. The summed E-state index contributed by atoms with van der Waals surface area (Å²) >= 11 is 3.01. The van der Waals surface area contributed by atoms with Crippen LogP contribution in [0.2, 0.25) is 0 Å². The Bertz CT molecular complexity index is 111. The third-order valence-corrected chi connectivity index (χ3v) is 0.927. The van der Waals surface area contributed by atoms with E-state index in [-0.39, 0.29) is 6.61 Å². The Balaban J connectivity index is 3.17. The van der Waals surface area contributed by atoms with Gasteiger partial charge in [0.05, 0.1) is 7.11 Å². The minimum atomic E-state index is -0.666. The largest absolute Gasteiger partial charge is 0.508 e. The van der Waals surface area contributed by atoms with Crippen molar-refractivity contribution < 1.29 is 14.3 Å². The molecule has 0 aromatic heterocycles. The van der Waals surface area contributed by atoms with Crippen LogP contribution in [0.3, 0.4) is 0 Å². The molecule has 0 radical (unpaired) electrons. The van der Waals surface area contributed by atoms with Gasteiger partial charge >= 0.3 is 6.16 Å². The van der Waals surface area contributed by atoms with Crippen LogP contribution in [0.5, 0.6) is 0 Å². The maximum absolute atomic E-state index is 10.2. The Kier molecular flexibility index (Phi) is 5.30. The van der Waals surface area contributed by atoms with Crippen molar-refractivity contribution in [3.8, 4) is 0 Å². The average Bonchev–Trinajstić information content (AvgIpc) is 1.89. The number of methoxy groups -OCH3 is 1. The molecule has 0 unspecified atom stereocenters. The Morgan fingerprint density at radius 3 is 2.89 bits per heavy atom. The number of ether oxygens (including phenoxy) is 2. The number of hydrogen-bond donors (Lipinski definition) is 0. The van der Waals surface area contributed by atoms with E-state index in [0.29, 0.717) is 0 Å². The van der Waals surface area contributed by atoms with Crippen LogP contribution < -0.4 is 0 Å². The second-order valence-electron chi connectivity index (χ2n) is 1.13. The highest BCUT2D eigenvalue weighted by molar-refractivity contribution is 9.11. The summed E-state index contributed by atoms with van der Waals surface area (Å²) in [5, 5.41) is 0. The smallest absolute Gasteiger partial charge is 0.438 e. The molecule has 0 bridgehead atoms. The van der Waals surface area contributed by atoms with E-state index >= 15 is 0 Å². The van der Waals surface area contributed by atoms with Gasteiger partial charge in [-0.15, -0.1) is 0 Å². The summed E-state index contributed by atoms with van der Waals surface area (Å²) in [6.45, 7) is 0.234. The predicted octanol–water partition coefficient (Wildman–Crippen LogP) is 1.68. The second kappa shape index (κ2) is 5.62. The first-order valence-electron chi connectivity index (χ1n) is 2.27. The Morgan fingerprint density at radius 1 is 1.78 bits per heavy atom. The number of halogens is 1. The molecule has 0 aliphatic rings. The molecule has 0 spiro atoms. The van der Waals surface area contributed by atoms with Crippen molar-refractivity contribution in [3.63, 3.8) is 0 Å². The van der Waals surface area contributed by atoms with E-state index in [9.17, 15) is 4.79 Å². The molecule has 0 N–H and O–H groups in total. The van der Waals surface area contributed by atoms with E-state index in [1.807, 2.05) is 0 Å². The van der Waals surface area contributed by atoms with E-state index in [0.717, 1.165) is 0 Å². The SMILES string of the molecule is COC(=O)OCC=CBr. The zero-order valence-corrected chi connectivity index (χ0v) is 6.55. The molecule has 0 aliphatic heterocycles. The first-order valence-corrected chi connectivity index (χ1v) is 3.18. The van der Waals surface area contributed by atoms with Crippen molar-refractivity contribution in [2.24, 2.45) is 0 Å². The van der Waals surface area contributed by atoms with Gasteiger partial charge in [0.1, 0.15) is 6.61 Å². The van der Waals surface area contributed by atoms with Crippen molar-refractivity contribution >= 4 is 22.1 Å². The number of rotatable bonds is 2. The van der Waals surface area contributed by atoms with Gasteiger partial charge in [0.15, 0.2) is 0 Å². The highest BCUT2D eigenvalue weighted by Crippen LogP contribution is 1.85. The van der Waals surface area contributed by atoms with Gasteiger partial charge in [-0.25, -0.2) is 4.79 Å². The normalized spacial score (nSPS) is 9.56. The van der Waals surface area contributed by atoms with Gasteiger partial charge in [-0.2, -0.15) is 0 Å². The molecule has 0 rings (SSSR count). The zero-order valence-electron chi connectivity index (χ0n) is 4.96. The van der Waals surface area contributed by atoms with Crippen molar-refractivity contribution in [1.82, 2.24) is 0 Å². The van der Waals surface area contributed by atoms with Crippen LogP contribution in [0.15, 0.2) is 11.1 Å². The lowest BCUT2D eigenvalue weighted by Gasteiger charge is -1.96. The fourth-order valence-corrected chi connectivity index (χ4v) is 0.364. The lowest BCUT2D eigenvalue weighted by atomic mass is 10.7. The lowest BCUT2D eigenvalue weighted by molar-refractivity contribution is 0.0818. The molecular weight excluding hydrogens is 188 g/mol. The Hall–Kier alpha value is -0.510. The van der Waals surface area contributed by atoms with Gasteiger partial charge in [-0.3, -0.25) is 0 Å². The minimum absolute atomic E-state index is 0.234. The van der Waals surface area contributed by atoms with Crippen LogP contribution >= 0.6 is 15.9 Å². The van der Waals surface area contributed by atoms with E-state index in [1.165, 1.54) is 7.11 Å². The fraction of sp³-hybridized carbons (Fsp3) is 0.400.